The Kier molecular flexibility index (Phi) is 4.49. The van der Waals surface area contributed by atoms with Crippen molar-refractivity contribution >= 4 is 11.8 Å². The predicted molar refractivity (Wildman–Crippen MR) is 71.7 cm³/mol. The lowest BCUT2D eigenvalue weighted by molar-refractivity contribution is -0.127. The van der Waals surface area contributed by atoms with Gasteiger partial charge in [-0.3, -0.25) is 14.6 Å². The molecule has 1 aliphatic rings. The van der Waals surface area contributed by atoms with Crippen molar-refractivity contribution in [3.8, 4) is 0 Å². The number of likely N-dealkylation sites (tertiary alicyclic amines) is 1. The number of nitrogens with zero attached hydrogens (tertiary/aromatic N) is 2. The largest absolute Gasteiger partial charge is 0.352 e. The molecule has 0 unspecified atom stereocenters. The van der Waals surface area contributed by atoms with E-state index < -0.39 is 0 Å². The first-order valence-corrected chi connectivity index (χ1v) is 6.65. The van der Waals surface area contributed by atoms with Gasteiger partial charge in [-0.05, 0) is 31.9 Å². The zero-order chi connectivity index (χ0) is 13.7. The van der Waals surface area contributed by atoms with Crippen molar-refractivity contribution < 1.29 is 9.59 Å². The summed E-state index contributed by atoms with van der Waals surface area (Å²) in [6.07, 6.45) is 4.05. The second-order valence-corrected chi connectivity index (χ2v) is 4.78. The van der Waals surface area contributed by atoms with Crippen LogP contribution in [0.1, 0.15) is 35.3 Å². The maximum Gasteiger partial charge on any atom is 0.251 e. The number of rotatable bonds is 5. The van der Waals surface area contributed by atoms with E-state index >= 15 is 0 Å². The van der Waals surface area contributed by atoms with Crippen LogP contribution in [-0.4, -0.2) is 41.3 Å². The Balaban J connectivity index is 1.71. The van der Waals surface area contributed by atoms with E-state index in [0.29, 0.717) is 18.5 Å². The number of aromatic nitrogens is 1. The summed E-state index contributed by atoms with van der Waals surface area (Å²) in [5.74, 6) is 0.148. The highest BCUT2D eigenvalue weighted by Crippen LogP contribution is 2.09. The maximum atomic E-state index is 11.8. The molecule has 1 fully saturated rings. The molecule has 0 atom stereocenters. The summed E-state index contributed by atoms with van der Waals surface area (Å²) in [5, 5.41) is 2.86. The molecule has 1 saturated heterocycles. The fourth-order valence-corrected chi connectivity index (χ4v) is 2.20. The van der Waals surface area contributed by atoms with Gasteiger partial charge >= 0.3 is 0 Å². The molecular formula is C14H19N3O2. The molecule has 1 aliphatic heterocycles. The van der Waals surface area contributed by atoms with E-state index in [1.54, 1.807) is 18.3 Å². The molecule has 5 nitrogen and oxygen atoms in total. The molecule has 2 rings (SSSR count). The SMILES string of the molecule is Cc1cc(C(=O)NCCCN2CCCC2=O)ccn1. The second kappa shape index (κ2) is 6.31. The number of nitrogens with one attached hydrogen (secondary N) is 1. The van der Waals surface area contributed by atoms with E-state index in [1.807, 2.05) is 11.8 Å². The molecule has 0 spiro atoms. The Hall–Kier alpha value is -1.91. The van der Waals surface area contributed by atoms with Crippen molar-refractivity contribution in [1.29, 1.82) is 0 Å². The molecule has 0 saturated carbocycles. The lowest BCUT2D eigenvalue weighted by atomic mass is 10.2. The number of hydrogen-bond acceptors (Lipinski definition) is 3. The molecule has 2 amide bonds. The average molecular weight is 261 g/mol. The maximum absolute atomic E-state index is 11.8. The molecule has 19 heavy (non-hydrogen) atoms. The van der Waals surface area contributed by atoms with E-state index in [9.17, 15) is 9.59 Å². The average Bonchev–Trinajstić information content (AvgIpc) is 2.80. The summed E-state index contributed by atoms with van der Waals surface area (Å²) in [7, 11) is 0. The summed E-state index contributed by atoms with van der Waals surface area (Å²) in [6, 6.07) is 3.46. The summed E-state index contributed by atoms with van der Waals surface area (Å²) in [4.78, 5) is 29.1. The molecule has 1 aromatic heterocycles. The van der Waals surface area contributed by atoms with E-state index in [4.69, 9.17) is 0 Å². The Morgan fingerprint density at radius 1 is 1.53 bits per heavy atom. The van der Waals surface area contributed by atoms with Crippen LogP contribution < -0.4 is 5.32 Å². The zero-order valence-corrected chi connectivity index (χ0v) is 11.2. The van der Waals surface area contributed by atoms with Gasteiger partial charge in [0.2, 0.25) is 5.91 Å². The monoisotopic (exact) mass is 261 g/mol. The quantitative estimate of drug-likeness (QED) is 0.808. The summed E-state index contributed by atoms with van der Waals surface area (Å²) >= 11 is 0. The van der Waals surface area contributed by atoms with Crippen molar-refractivity contribution in [1.82, 2.24) is 15.2 Å². The summed E-state index contributed by atoms with van der Waals surface area (Å²) < 4.78 is 0. The van der Waals surface area contributed by atoms with Gasteiger partial charge in [0, 0.05) is 43.5 Å². The van der Waals surface area contributed by atoms with Crippen LogP contribution in [0.25, 0.3) is 0 Å². The number of amides is 2. The Morgan fingerprint density at radius 2 is 2.37 bits per heavy atom. The third kappa shape index (κ3) is 3.77. The third-order valence-corrected chi connectivity index (χ3v) is 3.22. The molecule has 0 aromatic carbocycles. The van der Waals surface area contributed by atoms with Crippen molar-refractivity contribution in [2.75, 3.05) is 19.6 Å². The van der Waals surface area contributed by atoms with Gasteiger partial charge < -0.3 is 10.2 Å². The van der Waals surface area contributed by atoms with Gasteiger partial charge in [0.1, 0.15) is 0 Å². The van der Waals surface area contributed by atoms with Crippen LogP contribution >= 0.6 is 0 Å². The van der Waals surface area contributed by atoms with Crippen LogP contribution in [0.15, 0.2) is 18.3 Å². The Labute approximate surface area is 113 Å². The van der Waals surface area contributed by atoms with E-state index in [2.05, 4.69) is 10.3 Å². The minimum atomic E-state index is -0.0850. The third-order valence-electron chi connectivity index (χ3n) is 3.22. The van der Waals surface area contributed by atoms with Gasteiger partial charge in [0.15, 0.2) is 0 Å². The van der Waals surface area contributed by atoms with E-state index in [-0.39, 0.29) is 11.8 Å². The highest BCUT2D eigenvalue weighted by Gasteiger charge is 2.19. The smallest absolute Gasteiger partial charge is 0.251 e. The Morgan fingerprint density at radius 3 is 3.05 bits per heavy atom. The molecular weight excluding hydrogens is 242 g/mol. The lowest BCUT2D eigenvalue weighted by Crippen LogP contribution is -2.30. The Bertz CT molecular complexity index is 474. The number of pyridine rings is 1. The van der Waals surface area contributed by atoms with Gasteiger partial charge in [0.25, 0.3) is 5.91 Å². The molecule has 1 aromatic rings. The van der Waals surface area contributed by atoms with Crippen molar-refractivity contribution in [2.24, 2.45) is 0 Å². The highest BCUT2D eigenvalue weighted by molar-refractivity contribution is 5.94. The molecule has 102 valence electrons. The number of aryl methyl sites for hydroxylation is 1. The number of carbonyl (C=O) groups excluding carboxylic acids is 2. The minimum Gasteiger partial charge on any atom is -0.352 e. The highest BCUT2D eigenvalue weighted by atomic mass is 16.2. The minimum absolute atomic E-state index is 0.0850. The molecule has 1 N–H and O–H groups in total. The van der Waals surface area contributed by atoms with Gasteiger partial charge in [-0.25, -0.2) is 0 Å². The molecule has 0 aliphatic carbocycles. The first-order valence-electron chi connectivity index (χ1n) is 6.65. The molecule has 5 heteroatoms. The van der Waals surface area contributed by atoms with Crippen LogP contribution in [0.3, 0.4) is 0 Å². The van der Waals surface area contributed by atoms with Crippen LogP contribution in [0.4, 0.5) is 0 Å². The van der Waals surface area contributed by atoms with Crippen LogP contribution in [0, 0.1) is 6.92 Å². The van der Waals surface area contributed by atoms with Gasteiger partial charge in [-0.2, -0.15) is 0 Å². The van der Waals surface area contributed by atoms with E-state index in [0.717, 1.165) is 31.6 Å². The first kappa shape index (κ1) is 13.5. The van der Waals surface area contributed by atoms with Crippen molar-refractivity contribution in [2.45, 2.75) is 26.2 Å². The van der Waals surface area contributed by atoms with E-state index in [1.165, 1.54) is 0 Å². The predicted octanol–water partition coefficient (Wildman–Crippen LogP) is 1.13. The van der Waals surface area contributed by atoms with Crippen LogP contribution in [0.5, 0.6) is 0 Å². The van der Waals surface area contributed by atoms with Crippen LogP contribution in [0.2, 0.25) is 0 Å². The van der Waals surface area contributed by atoms with Gasteiger partial charge in [-0.1, -0.05) is 0 Å². The first-order chi connectivity index (χ1) is 9.16. The zero-order valence-electron chi connectivity index (χ0n) is 11.2. The molecule has 0 bridgehead atoms. The number of carbonyl (C=O) groups is 2. The van der Waals surface area contributed by atoms with Crippen molar-refractivity contribution in [3.05, 3.63) is 29.6 Å². The second-order valence-electron chi connectivity index (χ2n) is 4.78. The standard InChI is InChI=1S/C14H19N3O2/c1-11-10-12(5-7-15-11)14(19)16-6-3-9-17-8-2-4-13(17)18/h5,7,10H,2-4,6,8-9H2,1H3,(H,16,19). The lowest BCUT2D eigenvalue weighted by Gasteiger charge is -2.15. The van der Waals surface area contributed by atoms with Gasteiger partial charge in [-0.15, -0.1) is 0 Å². The normalized spacial score (nSPS) is 14.8. The topological polar surface area (TPSA) is 62.3 Å². The fourth-order valence-electron chi connectivity index (χ4n) is 2.20. The van der Waals surface area contributed by atoms with Crippen molar-refractivity contribution in [3.63, 3.8) is 0 Å². The fraction of sp³-hybridized carbons (Fsp3) is 0.500. The molecule has 2 heterocycles. The number of hydrogen-bond donors (Lipinski definition) is 1. The summed E-state index contributed by atoms with van der Waals surface area (Å²) in [5.41, 5.74) is 1.46. The van der Waals surface area contributed by atoms with Crippen LogP contribution in [-0.2, 0) is 4.79 Å². The van der Waals surface area contributed by atoms with Gasteiger partial charge in [0.05, 0.1) is 0 Å². The molecule has 0 radical (unpaired) electrons. The summed E-state index contributed by atoms with van der Waals surface area (Å²) in [6.45, 7) is 4.03.